The molecule has 1 aliphatic heterocycles. The molecule has 1 saturated heterocycles. The van der Waals surface area contributed by atoms with Gasteiger partial charge in [-0.05, 0) is 36.6 Å². The quantitative estimate of drug-likeness (QED) is 0.751. The van der Waals surface area contributed by atoms with Crippen molar-refractivity contribution >= 4 is 9.84 Å². The molecule has 2 aromatic rings. The van der Waals surface area contributed by atoms with Crippen LogP contribution in [-0.4, -0.2) is 55.2 Å². The first-order chi connectivity index (χ1) is 12.9. The van der Waals surface area contributed by atoms with Gasteiger partial charge in [0.15, 0.2) is 9.84 Å². The molecule has 1 aliphatic rings. The summed E-state index contributed by atoms with van der Waals surface area (Å²) in [5, 5.41) is 10.5. The van der Waals surface area contributed by atoms with Crippen molar-refractivity contribution in [1.29, 1.82) is 0 Å². The summed E-state index contributed by atoms with van der Waals surface area (Å²) in [5.74, 6) is 1.11. The lowest BCUT2D eigenvalue weighted by Gasteiger charge is -2.30. The molecule has 0 radical (unpaired) electrons. The van der Waals surface area contributed by atoms with Crippen LogP contribution in [0.1, 0.15) is 17.5 Å². The molecule has 0 aromatic heterocycles. The fourth-order valence-electron chi connectivity index (χ4n) is 3.44. The number of rotatable bonds is 8. The van der Waals surface area contributed by atoms with E-state index in [1.54, 1.807) is 0 Å². The second-order valence-electron chi connectivity index (χ2n) is 7.25. The Hall–Kier alpha value is -1.89. The maximum Gasteiger partial charge on any atom is 0.151 e. The summed E-state index contributed by atoms with van der Waals surface area (Å²) in [7, 11) is -2.98. The fraction of sp³-hybridized carbons (Fsp3) is 0.429. The van der Waals surface area contributed by atoms with E-state index in [2.05, 4.69) is 4.90 Å². The van der Waals surface area contributed by atoms with Crippen LogP contribution in [0.3, 0.4) is 0 Å². The van der Waals surface area contributed by atoms with Gasteiger partial charge in [0.1, 0.15) is 18.5 Å². The Kier molecular flexibility index (Phi) is 6.52. The first kappa shape index (κ1) is 19.9. The minimum Gasteiger partial charge on any atom is -0.491 e. The standard InChI is InChI=1S/C21H27NO4S/c1-17-6-5-9-21(12-17)26-15-20(23)14-22(13-18-7-3-2-4-8-18)19-10-11-27(24,25)16-19/h2-9,12,19-20,23H,10-11,13-16H2,1H3. The summed E-state index contributed by atoms with van der Waals surface area (Å²) in [5.41, 5.74) is 2.21. The molecule has 3 rings (SSSR count). The maximum atomic E-state index is 11.9. The predicted molar refractivity (Wildman–Crippen MR) is 107 cm³/mol. The first-order valence-corrected chi connectivity index (χ1v) is 11.1. The highest BCUT2D eigenvalue weighted by Gasteiger charge is 2.33. The minimum atomic E-state index is -2.98. The van der Waals surface area contributed by atoms with Crippen molar-refractivity contribution in [2.45, 2.75) is 32.0 Å². The van der Waals surface area contributed by atoms with E-state index in [0.717, 1.165) is 16.9 Å². The smallest absolute Gasteiger partial charge is 0.151 e. The van der Waals surface area contributed by atoms with Crippen LogP contribution >= 0.6 is 0 Å². The molecule has 1 fully saturated rings. The van der Waals surface area contributed by atoms with Crippen molar-refractivity contribution in [2.24, 2.45) is 0 Å². The summed E-state index contributed by atoms with van der Waals surface area (Å²) in [6, 6.07) is 17.6. The second-order valence-corrected chi connectivity index (χ2v) is 9.48. The third kappa shape index (κ3) is 6.06. The Morgan fingerprint density at radius 2 is 1.96 bits per heavy atom. The third-order valence-corrected chi connectivity index (χ3v) is 6.58. The molecule has 146 valence electrons. The lowest BCUT2D eigenvalue weighted by atomic mass is 10.1. The molecule has 0 spiro atoms. The van der Waals surface area contributed by atoms with Crippen LogP contribution in [0.25, 0.3) is 0 Å². The Morgan fingerprint density at radius 1 is 1.19 bits per heavy atom. The lowest BCUT2D eigenvalue weighted by Crippen LogP contribution is -2.42. The Morgan fingerprint density at radius 3 is 2.63 bits per heavy atom. The van der Waals surface area contributed by atoms with Gasteiger partial charge < -0.3 is 9.84 Å². The van der Waals surface area contributed by atoms with E-state index in [-0.39, 0.29) is 24.2 Å². The van der Waals surface area contributed by atoms with Gasteiger partial charge in [-0.3, -0.25) is 4.90 Å². The van der Waals surface area contributed by atoms with E-state index in [9.17, 15) is 13.5 Å². The Bertz CT molecular complexity index is 838. The number of aliphatic hydroxyl groups excluding tert-OH is 1. The van der Waals surface area contributed by atoms with Gasteiger partial charge in [-0.25, -0.2) is 8.42 Å². The molecular weight excluding hydrogens is 362 g/mol. The zero-order valence-electron chi connectivity index (χ0n) is 15.6. The number of aliphatic hydroxyl groups is 1. The van der Waals surface area contributed by atoms with Gasteiger partial charge in [0, 0.05) is 19.1 Å². The predicted octanol–water partition coefficient (Wildman–Crippen LogP) is 2.42. The molecule has 1 heterocycles. The van der Waals surface area contributed by atoms with Gasteiger partial charge in [-0.1, -0.05) is 42.5 Å². The van der Waals surface area contributed by atoms with Crippen molar-refractivity contribution in [2.75, 3.05) is 24.7 Å². The number of ether oxygens (including phenoxy) is 1. The van der Waals surface area contributed by atoms with E-state index < -0.39 is 15.9 Å². The molecule has 2 aromatic carbocycles. The SMILES string of the molecule is Cc1cccc(OCC(O)CN(Cc2ccccc2)C2CCS(=O)(=O)C2)c1. The summed E-state index contributed by atoms with van der Waals surface area (Å²) < 4.78 is 29.5. The molecule has 0 amide bonds. The van der Waals surface area contributed by atoms with E-state index in [1.165, 1.54) is 0 Å². The van der Waals surface area contributed by atoms with Crippen LogP contribution < -0.4 is 4.74 Å². The van der Waals surface area contributed by atoms with E-state index in [1.807, 2.05) is 61.5 Å². The average Bonchev–Trinajstić information content (AvgIpc) is 3.00. The molecule has 2 atom stereocenters. The number of aryl methyl sites for hydroxylation is 1. The third-order valence-electron chi connectivity index (χ3n) is 4.83. The van der Waals surface area contributed by atoms with E-state index >= 15 is 0 Å². The highest BCUT2D eigenvalue weighted by molar-refractivity contribution is 7.91. The summed E-state index contributed by atoms with van der Waals surface area (Å²) in [6.07, 6.45) is -0.0850. The Labute approximate surface area is 161 Å². The molecule has 2 unspecified atom stereocenters. The van der Waals surface area contributed by atoms with Crippen molar-refractivity contribution in [3.05, 3.63) is 65.7 Å². The molecule has 0 aliphatic carbocycles. The van der Waals surface area contributed by atoms with Crippen LogP contribution in [0.5, 0.6) is 5.75 Å². The summed E-state index contributed by atoms with van der Waals surface area (Å²) in [4.78, 5) is 2.07. The van der Waals surface area contributed by atoms with Crippen molar-refractivity contribution in [1.82, 2.24) is 4.90 Å². The lowest BCUT2D eigenvalue weighted by molar-refractivity contribution is 0.0524. The van der Waals surface area contributed by atoms with Crippen LogP contribution in [0, 0.1) is 6.92 Å². The molecule has 27 heavy (non-hydrogen) atoms. The molecule has 6 heteroatoms. The zero-order valence-corrected chi connectivity index (χ0v) is 16.4. The molecule has 0 saturated carbocycles. The summed E-state index contributed by atoms with van der Waals surface area (Å²) >= 11 is 0. The number of sulfone groups is 1. The Balaban J connectivity index is 1.63. The number of hydrogen-bond acceptors (Lipinski definition) is 5. The number of hydrogen-bond donors (Lipinski definition) is 1. The van der Waals surface area contributed by atoms with Crippen molar-refractivity contribution in [3.8, 4) is 5.75 Å². The van der Waals surface area contributed by atoms with Crippen LogP contribution in [0.4, 0.5) is 0 Å². The second kappa shape index (κ2) is 8.87. The summed E-state index contributed by atoms with van der Waals surface area (Å²) in [6.45, 7) is 3.16. The van der Waals surface area contributed by atoms with E-state index in [0.29, 0.717) is 19.5 Å². The topological polar surface area (TPSA) is 66.8 Å². The number of nitrogens with zero attached hydrogens (tertiary/aromatic N) is 1. The van der Waals surface area contributed by atoms with Crippen LogP contribution in [-0.2, 0) is 16.4 Å². The van der Waals surface area contributed by atoms with Crippen molar-refractivity contribution < 1.29 is 18.3 Å². The first-order valence-electron chi connectivity index (χ1n) is 9.27. The fourth-order valence-corrected chi connectivity index (χ4v) is 5.21. The highest BCUT2D eigenvalue weighted by atomic mass is 32.2. The molecule has 0 bridgehead atoms. The maximum absolute atomic E-state index is 11.9. The van der Waals surface area contributed by atoms with Gasteiger partial charge in [-0.15, -0.1) is 0 Å². The molecular formula is C21H27NO4S. The van der Waals surface area contributed by atoms with Gasteiger partial charge in [-0.2, -0.15) is 0 Å². The normalized spacial score (nSPS) is 19.9. The van der Waals surface area contributed by atoms with E-state index in [4.69, 9.17) is 4.74 Å². The van der Waals surface area contributed by atoms with Gasteiger partial charge in [0.2, 0.25) is 0 Å². The van der Waals surface area contributed by atoms with Gasteiger partial charge >= 0.3 is 0 Å². The average molecular weight is 390 g/mol. The molecule has 5 nitrogen and oxygen atoms in total. The van der Waals surface area contributed by atoms with Crippen LogP contribution in [0.2, 0.25) is 0 Å². The zero-order chi connectivity index (χ0) is 19.3. The van der Waals surface area contributed by atoms with Crippen LogP contribution in [0.15, 0.2) is 54.6 Å². The highest BCUT2D eigenvalue weighted by Crippen LogP contribution is 2.21. The monoisotopic (exact) mass is 389 g/mol. The minimum absolute atomic E-state index is 0.0659. The largest absolute Gasteiger partial charge is 0.491 e. The molecule has 1 N–H and O–H groups in total. The van der Waals surface area contributed by atoms with Gasteiger partial charge in [0.25, 0.3) is 0 Å². The van der Waals surface area contributed by atoms with Crippen molar-refractivity contribution in [3.63, 3.8) is 0 Å². The number of benzene rings is 2. The van der Waals surface area contributed by atoms with Gasteiger partial charge in [0.05, 0.1) is 11.5 Å².